The maximum absolute atomic E-state index is 12.7. The minimum atomic E-state index is -0.536. The van der Waals surface area contributed by atoms with Crippen molar-refractivity contribution in [1.82, 2.24) is 18.5 Å². The van der Waals surface area contributed by atoms with Gasteiger partial charge in [-0.15, -0.1) is 5.10 Å². The third kappa shape index (κ3) is 2.49. The summed E-state index contributed by atoms with van der Waals surface area (Å²) in [6.45, 7) is 0.257. The fourth-order valence-electron chi connectivity index (χ4n) is 1.24. The minimum Gasteiger partial charge on any atom is -0.217 e. The molecule has 0 N–H and O–H groups in total. The van der Waals surface area contributed by atoms with Crippen molar-refractivity contribution in [1.29, 1.82) is 0 Å². The van der Waals surface area contributed by atoms with Gasteiger partial charge in [0.15, 0.2) is 12.9 Å². The average Bonchev–Trinajstić information content (AvgIpc) is 2.75. The number of nitrogens with zero attached hydrogens (tertiary/aromatic N) is 4. The van der Waals surface area contributed by atoms with Crippen LogP contribution in [-0.2, 0) is 6.54 Å². The molecule has 0 saturated heterocycles. The first-order valence-electron chi connectivity index (χ1n) is 4.45. The van der Waals surface area contributed by atoms with Crippen LogP contribution in [0.3, 0.4) is 0 Å². The molecule has 0 aliphatic carbocycles. The van der Waals surface area contributed by atoms with E-state index in [1.165, 1.54) is 29.6 Å². The van der Waals surface area contributed by atoms with Gasteiger partial charge in [-0.05, 0) is 12.1 Å². The van der Waals surface area contributed by atoms with Crippen LogP contribution in [-0.4, -0.2) is 14.9 Å². The highest BCUT2D eigenvalue weighted by Gasteiger charge is 2.29. The minimum absolute atomic E-state index is 0.257. The quantitative estimate of drug-likeness (QED) is 0.795. The van der Waals surface area contributed by atoms with Gasteiger partial charge in [-0.25, -0.2) is 9.37 Å². The molecule has 0 saturated carbocycles. The van der Waals surface area contributed by atoms with Crippen molar-refractivity contribution in [3.8, 4) is 0 Å². The molecule has 0 amide bonds. The molecule has 1 aromatic heterocycles. The van der Waals surface area contributed by atoms with Gasteiger partial charge in [0.2, 0.25) is 23.6 Å². The molecule has 7 heteroatoms. The lowest BCUT2D eigenvalue weighted by Gasteiger charge is -2.16. The standard InChI is InChI=1S/C9H8Cl2FN4/c10-16(11,15-7-13-6-14-15)5-8-1-3-9(12)4-2-8/h1-4,6-7H,5H2/q+1. The highest BCUT2D eigenvalue weighted by atomic mass is 35.5. The predicted molar refractivity (Wildman–Crippen MR) is 59.4 cm³/mol. The normalized spacial score (nSPS) is 11.7. The van der Waals surface area contributed by atoms with E-state index in [1.807, 2.05) is 0 Å². The van der Waals surface area contributed by atoms with Gasteiger partial charge in [-0.1, -0.05) is 16.9 Å². The molecule has 0 unspecified atom stereocenters. The van der Waals surface area contributed by atoms with Crippen LogP contribution in [0.15, 0.2) is 36.9 Å². The third-order valence-electron chi connectivity index (χ3n) is 1.99. The Labute approximate surface area is 102 Å². The molecule has 0 radical (unpaired) electrons. The second-order valence-electron chi connectivity index (χ2n) is 3.20. The summed E-state index contributed by atoms with van der Waals surface area (Å²) >= 11 is 12.1. The summed E-state index contributed by atoms with van der Waals surface area (Å²) in [6.07, 6.45) is 2.74. The smallest absolute Gasteiger partial charge is 0.217 e. The SMILES string of the molecule is Fc1ccc(C[N+](Cl)(Cl)n2cncn2)cc1. The van der Waals surface area contributed by atoms with Crippen molar-refractivity contribution in [3.63, 3.8) is 0 Å². The van der Waals surface area contributed by atoms with Crippen LogP contribution < -0.4 is 3.63 Å². The second kappa shape index (κ2) is 4.37. The van der Waals surface area contributed by atoms with Gasteiger partial charge in [0.25, 0.3) is 0 Å². The number of quaternary nitrogens is 1. The van der Waals surface area contributed by atoms with Gasteiger partial charge < -0.3 is 0 Å². The number of rotatable bonds is 3. The second-order valence-corrected chi connectivity index (χ2v) is 4.49. The Bertz CT molecular complexity index is 455. The van der Waals surface area contributed by atoms with E-state index in [4.69, 9.17) is 23.6 Å². The zero-order valence-corrected chi connectivity index (χ0v) is 9.61. The van der Waals surface area contributed by atoms with Crippen molar-refractivity contribution >= 4 is 23.6 Å². The Balaban J connectivity index is 2.18. The molecular weight excluding hydrogens is 254 g/mol. The number of hydrogen-bond donors (Lipinski definition) is 0. The Morgan fingerprint density at radius 3 is 2.50 bits per heavy atom. The molecule has 1 aromatic carbocycles. The molecular formula is C9H8Cl2FN4+. The van der Waals surface area contributed by atoms with E-state index in [0.29, 0.717) is 0 Å². The number of hydrogen-bond acceptors (Lipinski definition) is 2. The van der Waals surface area contributed by atoms with E-state index in [1.54, 1.807) is 12.1 Å². The molecule has 84 valence electrons. The molecule has 0 bridgehead atoms. The van der Waals surface area contributed by atoms with Gasteiger partial charge >= 0.3 is 0 Å². The van der Waals surface area contributed by atoms with Crippen molar-refractivity contribution in [3.05, 3.63) is 48.3 Å². The Morgan fingerprint density at radius 1 is 1.25 bits per heavy atom. The van der Waals surface area contributed by atoms with Gasteiger partial charge in [-0.3, -0.25) is 0 Å². The zero-order chi connectivity index (χ0) is 11.6. The molecule has 16 heavy (non-hydrogen) atoms. The predicted octanol–water partition coefficient (Wildman–Crippen LogP) is 2.36. The zero-order valence-electron chi connectivity index (χ0n) is 8.09. The van der Waals surface area contributed by atoms with Crippen LogP contribution in [0.25, 0.3) is 0 Å². The number of halogens is 3. The maximum Gasteiger partial charge on any atom is 0.219 e. The molecule has 0 fully saturated rings. The molecule has 0 atom stereocenters. The third-order valence-corrected chi connectivity index (χ3v) is 2.54. The highest BCUT2D eigenvalue weighted by molar-refractivity contribution is 6.39. The molecule has 2 aromatic rings. The van der Waals surface area contributed by atoms with E-state index in [2.05, 4.69) is 10.1 Å². The molecule has 1 heterocycles. The van der Waals surface area contributed by atoms with Crippen molar-refractivity contribution < 1.29 is 4.39 Å². The lowest BCUT2D eigenvalue weighted by Crippen LogP contribution is -2.39. The summed E-state index contributed by atoms with van der Waals surface area (Å²) in [4.78, 5) is 5.04. The first-order valence-corrected chi connectivity index (χ1v) is 5.13. The van der Waals surface area contributed by atoms with Crippen LogP contribution in [0.1, 0.15) is 5.56 Å². The fourth-order valence-corrected chi connectivity index (χ4v) is 1.67. The first kappa shape index (κ1) is 11.3. The molecule has 0 aliphatic heterocycles. The van der Waals surface area contributed by atoms with E-state index < -0.39 is 3.63 Å². The molecule has 2 rings (SSSR count). The van der Waals surface area contributed by atoms with Crippen molar-refractivity contribution in [2.24, 2.45) is 0 Å². The van der Waals surface area contributed by atoms with Crippen LogP contribution in [0.2, 0.25) is 0 Å². The summed E-state index contributed by atoms with van der Waals surface area (Å²) in [5.41, 5.74) is 0.793. The largest absolute Gasteiger partial charge is 0.219 e. The first-order chi connectivity index (χ1) is 7.58. The van der Waals surface area contributed by atoms with Crippen molar-refractivity contribution in [2.75, 3.05) is 0 Å². The summed E-state index contributed by atoms with van der Waals surface area (Å²) in [5.74, 6) is -0.299. The van der Waals surface area contributed by atoms with Crippen molar-refractivity contribution in [2.45, 2.75) is 6.54 Å². The topological polar surface area (TPSA) is 30.7 Å². The van der Waals surface area contributed by atoms with Gasteiger partial charge in [-0.2, -0.15) is 0 Å². The summed E-state index contributed by atoms with van der Waals surface area (Å²) in [7, 11) is 0. The lowest BCUT2D eigenvalue weighted by atomic mass is 10.2. The fraction of sp³-hybridized carbons (Fsp3) is 0.111. The summed E-state index contributed by atoms with van der Waals surface area (Å²) < 4.78 is 12.2. The number of aromatic nitrogens is 3. The summed E-state index contributed by atoms with van der Waals surface area (Å²) in [6, 6.07) is 5.93. The van der Waals surface area contributed by atoms with Crippen LogP contribution in [0.5, 0.6) is 0 Å². The molecule has 4 nitrogen and oxygen atoms in total. The molecule has 0 aliphatic rings. The van der Waals surface area contributed by atoms with Gasteiger partial charge in [0, 0.05) is 9.19 Å². The van der Waals surface area contributed by atoms with E-state index in [9.17, 15) is 4.39 Å². The van der Waals surface area contributed by atoms with Crippen LogP contribution in [0, 0.1) is 5.82 Å². The van der Waals surface area contributed by atoms with Crippen LogP contribution >= 0.6 is 23.6 Å². The Morgan fingerprint density at radius 2 is 1.94 bits per heavy atom. The number of benzene rings is 1. The van der Waals surface area contributed by atoms with Gasteiger partial charge in [0.1, 0.15) is 12.1 Å². The molecule has 0 spiro atoms. The maximum atomic E-state index is 12.7. The highest BCUT2D eigenvalue weighted by Crippen LogP contribution is 2.19. The van der Waals surface area contributed by atoms with E-state index in [0.717, 1.165) is 5.56 Å². The van der Waals surface area contributed by atoms with E-state index in [-0.39, 0.29) is 12.4 Å². The monoisotopic (exact) mass is 261 g/mol. The Kier molecular flexibility index (Phi) is 3.09. The summed E-state index contributed by atoms with van der Waals surface area (Å²) in [5, 5.41) is 3.84. The van der Waals surface area contributed by atoms with E-state index >= 15 is 0 Å². The lowest BCUT2D eigenvalue weighted by molar-refractivity contribution is 0.363. The van der Waals surface area contributed by atoms with Gasteiger partial charge in [0.05, 0.1) is 0 Å². The average molecular weight is 262 g/mol. The Hall–Kier alpha value is -1.17. The van der Waals surface area contributed by atoms with Crippen LogP contribution in [0.4, 0.5) is 4.39 Å².